The Labute approximate surface area is 135 Å². The van der Waals surface area contributed by atoms with Gasteiger partial charge in [-0.3, -0.25) is 4.79 Å². The molecule has 1 fully saturated rings. The minimum Gasteiger partial charge on any atom is -0.381 e. The van der Waals surface area contributed by atoms with E-state index >= 15 is 0 Å². The molecule has 0 saturated carbocycles. The number of carbonyl (C=O) groups excluding carboxylic acids is 1. The number of carbonyl (C=O) groups is 1. The van der Waals surface area contributed by atoms with Crippen LogP contribution in [0.4, 0.5) is 4.39 Å². The quantitative estimate of drug-likeness (QED) is 0.940. The Kier molecular flexibility index (Phi) is 4.72. The van der Waals surface area contributed by atoms with Crippen molar-refractivity contribution in [2.24, 2.45) is 0 Å². The molecule has 0 aromatic heterocycles. The maximum atomic E-state index is 13.0. The molecule has 0 aliphatic carbocycles. The van der Waals surface area contributed by atoms with Crippen LogP contribution in [0.15, 0.2) is 54.6 Å². The van der Waals surface area contributed by atoms with Gasteiger partial charge < -0.3 is 10.1 Å². The van der Waals surface area contributed by atoms with E-state index in [1.165, 1.54) is 29.8 Å². The number of halogens is 1. The van der Waals surface area contributed by atoms with E-state index in [2.05, 4.69) is 17.4 Å². The summed E-state index contributed by atoms with van der Waals surface area (Å²) >= 11 is 0. The van der Waals surface area contributed by atoms with Crippen LogP contribution < -0.4 is 5.32 Å². The summed E-state index contributed by atoms with van der Waals surface area (Å²) in [7, 11) is 0. The summed E-state index contributed by atoms with van der Waals surface area (Å²) in [5.74, 6) is -0.515. The Morgan fingerprint density at radius 1 is 1.04 bits per heavy atom. The second kappa shape index (κ2) is 6.92. The summed E-state index contributed by atoms with van der Waals surface area (Å²) in [6.07, 6.45) is 1.75. The van der Waals surface area contributed by atoms with Crippen LogP contribution in [0.25, 0.3) is 0 Å². The van der Waals surface area contributed by atoms with Crippen LogP contribution in [0.1, 0.15) is 28.8 Å². The number of benzene rings is 2. The summed E-state index contributed by atoms with van der Waals surface area (Å²) in [4.78, 5) is 12.3. The molecule has 0 spiro atoms. The predicted octanol–water partition coefficient (Wildman–Crippen LogP) is 3.30. The van der Waals surface area contributed by atoms with Crippen LogP contribution in [0.3, 0.4) is 0 Å². The largest absolute Gasteiger partial charge is 0.381 e. The third kappa shape index (κ3) is 3.59. The fourth-order valence-electron chi connectivity index (χ4n) is 3.07. The van der Waals surface area contributed by atoms with E-state index in [4.69, 9.17) is 4.74 Å². The van der Waals surface area contributed by atoms with E-state index < -0.39 is 0 Å². The van der Waals surface area contributed by atoms with E-state index in [1.807, 2.05) is 18.2 Å². The number of amides is 1. The van der Waals surface area contributed by atoms with Crippen LogP contribution in [0, 0.1) is 5.82 Å². The summed E-state index contributed by atoms with van der Waals surface area (Å²) in [6, 6.07) is 15.9. The molecule has 0 atom stereocenters. The van der Waals surface area contributed by atoms with Crippen molar-refractivity contribution < 1.29 is 13.9 Å². The summed E-state index contributed by atoms with van der Waals surface area (Å²) in [5.41, 5.74) is 1.60. The van der Waals surface area contributed by atoms with Crippen molar-refractivity contribution in [2.45, 2.75) is 18.3 Å². The highest BCUT2D eigenvalue weighted by Gasteiger charge is 2.34. The van der Waals surface area contributed by atoms with E-state index in [1.54, 1.807) is 0 Å². The number of hydrogen-bond acceptors (Lipinski definition) is 2. The Morgan fingerprint density at radius 2 is 1.70 bits per heavy atom. The standard InChI is InChI=1S/C19H20FNO2/c20-17-8-6-15(7-9-17)18(22)21-14-19(10-12-23-13-11-19)16-4-2-1-3-5-16/h1-9H,10-14H2,(H,21,22). The van der Waals surface area contributed by atoms with Gasteiger partial charge in [0.1, 0.15) is 5.82 Å². The van der Waals surface area contributed by atoms with Gasteiger partial charge in [-0.05, 0) is 42.7 Å². The van der Waals surface area contributed by atoms with Gasteiger partial charge >= 0.3 is 0 Å². The highest BCUT2D eigenvalue weighted by molar-refractivity contribution is 5.94. The molecule has 1 amide bonds. The molecule has 1 N–H and O–H groups in total. The lowest BCUT2D eigenvalue weighted by Gasteiger charge is -2.38. The molecule has 2 aromatic carbocycles. The molecule has 3 nitrogen and oxygen atoms in total. The topological polar surface area (TPSA) is 38.3 Å². The molecular weight excluding hydrogens is 293 g/mol. The summed E-state index contributed by atoms with van der Waals surface area (Å²) < 4.78 is 18.5. The van der Waals surface area contributed by atoms with Crippen LogP contribution >= 0.6 is 0 Å². The zero-order chi connectivity index (χ0) is 16.1. The minimum absolute atomic E-state index is 0.102. The van der Waals surface area contributed by atoms with E-state index in [0.29, 0.717) is 25.3 Å². The first kappa shape index (κ1) is 15.7. The maximum absolute atomic E-state index is 13.0. The van der Waals surface area contributed by atoms with Crippen molar-refractivity contribution in [1.29, 1.82) is 0 Å². The van der Waals surface area contributed by atoms with E-state index in [0.717, 1.165) is 12.8 Å². The van der Waals surface area contributed by atoms with Crippen molar-refractivity contribution in [3.8, 4) is 0 Å². The van der Waals surface area contributed by atoms with Crippen molar-refractivity contribution >= 4 is 5.91 Å². The van der Waals surface area contributed by atoms with E-state index in [9.17, 15) is 9.18 Å². The average molecular weight is 313 g/mol. The Balaban J connectivity index is 1.74. The Bertz CT molecular complexity index is 649. The molecule has 4 heteroatoms. The number of nitrogens with one attached hydrogen (secondary N) is 1. The van der Waals surface area contributed by atoms with E-state index in [-0.39, 0.29) is 17.1 Å². The van der Waals surface area contributed by atoms with Crippen LogP contribution in [-0.4, -0.2) is 25.7 Å². The van der Waals surface area contributed by atoms with Gasteiger partial charge in [0.15, 0.2) is 0 Å². The molecule has 2 aromatic rings. The number of ether oxygens (including phenoxy) is 1. The SMILES string of the molecule is O=C(NCC1(c2ccccc2)CCOCC1)c1ccc(F)cc1. The lowest BCUT2D eigenvalue weighted by molar-refractivity contribution is 0.0487. The Hall–Kier alpha value is -2.20. The first-order valence-corrected chi connectivity index (χ1v) is 7.87. The highest BCUT2D eigenvalue weighted by Crippen LogP contribution is 2.34. The average Bonchev–Trinajstić information content (AvgIpc) is 2.62. The van der Waals surface area contributed by atoms with Crippen molar-refractivity contribution in [2.75, 3.05) is 19.8 Å². The minimum atomic E-state index is -0.341. The van der Waals surface area contributed by atoms with Gasteiger partial charge in [-0.15, -0.1) is 0 Å². The highest BCUT2D eigenvalue weighted by atomic mass is 19.1. The van der Waals surface area contributed by atoms with Crippen LogP contribution in [0.5, 0.6) is 0 Å². The van der Waals surface area contributed by atoms with Gasteiger partial charge in [0.25, 0.3) is 5.91 Å². The molecule has 0 radical (unpaired) electrons. The first-order valence-electron chi connectivity index (χ1n) is 7.87. The molecule has 1 aliphatic rings. The fourth-order valence-corrected chi connectivity index (χ4v) is 3.07. The van der Waals surface area contributed by atoms with Crippen LogP contribution in [-0.2, 0) is 10.2 Å². The monoisotopic (exact) mass is 313 g/mol. The van der Waals surface area contributed by atoms with Crippen molar-refractivity contribution in [3.05, 3.63) is 71.5 Å². The van der Waals surface area contributed by atoms with Gasteiger partial charge in [-0.2, -0.15) is 0 Å². The smallest absolute Gasteiger partial charge is 0.251 e. The second-order valence-electron chi connectivity index (χ2n) is 5.95. The molecule has 120 valence electrons. The number of rotatable bonds is 4. The van der Waals surface area contributed by atoms with Gasteiger partial charge in [0, 0.05) is 30.7 Å². The zero-order valence-corrected chi connectivity index (χ0v) is 12.9. The van der Waals surface area contributed by atoms with Crippen LogP contribution in [0.2, 0.25) is 0 Å². The fraction of sp³-hybridized carbons (Fsp3) is 0.316. The van der Waals surface area contributed by atoms with Gasteiger partial charge in [0.05, 0.1) is 0 Å². The Morgan fingerprint density at radius 3 is 2.35 bits per heavy atom. The predicted molar refractivity (Wildman–Crippen MR) is 86.9 cm³/mol. The number of hydrogen-bond donors (Lipinski definition) is 1. The lowest BCUT2D eigenvalue weighted by Crippen LogP contribution is -2.44. The van der Waals surface area contributed by atoms with Gasteiger partial charge in [-0.25, -0.2) is 4.39 Å². The zero-order valence-electron chi connectivity index (χ0n) is 12.9. The molecule has 23 heavy (non-hydrogen) atoms. The summed E-state index contributed by atoms with van der Waals surface area (Å²) in [5, 5.41) is 3.01. The lowest BCUT2D eigenvalue weighted by atomic mass is 9.74. The second-order valence-corrected chi connectivity index (χ2v) is 5.95. The molecule has 0 unspecified atom stereocenters. The molecule has 1 saturated heterocycles. The summed E-state index contributed by atoms with van der Waals surface area (Å²) in [6.45, 7) is 1.94. The molecule has 1 aliphatic heterocycles. The normalized spacial score (nSPS) is 16.7. The van der Waals surface area contributed by atoms with Gasteiger partial charge in [-0.1, -0.05) is 30.3 Å². The van der Waals surface area contributed by atoms with Crippen molar-refractivity contribution in [1.82, 2.24) is 5.32 Å². The van der Waals surface area contributed by atoms with Crippen molar-refractivity contribution in [3.63, 3.8) is 0 Å². The molecule has 1 heterocycles. The van der Waals surface area contributed by atoms with Gasteiger partial charge in [0.2, 0.25) is 0 Å². The maximum Gasteiger partial charge on any atom is 0.251 e. The molecular formula is C19H20FNO2. The third-order valence-corrected chi connectivity index (χ3v) is 4.53. The molecule has 0 bridgehead atoms. The molecule has 3 rings (SSSR count). The third-order valence-electron chi connectivity index (χ3n) is 4.53. The first-order chi connectivity index (χ1) is 11.2.